The molecule has 0 radical (unpaired) electrons. The van der Waals surface area contributed by atoms with Crippen LogP contribution in [0.3, 0.4) is 0 Å². The van der Waals surface area contributed by atoms with Crippen molar-refractivity contribution >= 4 is 11.8 Å². The van der Waals surface area contributed by atoms with Gasteiger partial charge >= 0.3 is 0 Å². The van der Waals surface area contributed by atoms with E-state index >= 15 is 0 Å². The molecule has 0 bridgehead atoms. The SMILES string of the molecule is C=C(C)C(=C)SCc1cccc(C(C)(C)C)c1. The maximum absolute atomic E-state index is 4.00. The van der Waals surface area contributed by atoms with E-state index in [0.717, 1.165) is 16.2 Å². The Morgan fingerprint density at radius 1 is 1.24 bits per heavy atom. The monoisotopic (exact) mass is 246 g/mol. The summed E-state index contributed by atoms with van der Waals surface area (Å²) < 4.78 is 0. The van der Waals surface area contributed by atoms with Gasteiger partial charge in [0, 0.05) is 10.7 Å². The molecule has 0 fully saturated rings. The highest BCUT2D eigenvalue weighted by Gasteiger charge is 2.13. The quantitative estimate of drug-likeness (QED) is 0.649. The van der Waals surface area contributed by atoms with Crippen molar-refractivity contribution in [3.63, 3.8) is 0 Å². The number of allylic oxidation sites excluding steroid dienone is 1. The Kier molecular flexibility index (Phi) is 4.64. The average Bonchev–Trinajstić information content (AvgIpc) is 2.25. The van der Waals surface area contributed by atoms with E-state index in [0.29, 0.717) is 0 Å². The minimum Gasteiger partial charge on any atom is -0.122 e. The number of rotatable bonds is 4. The Hall–Kier alpha value is -0.950. The van der Waals surface area contributed by atoms with Crippen molar-refractivity contribution in [1.29, 1.82) is 0 Å². The summed E-state index contributed by atoms with van der Waals surface area (Å²) in [6, 6.07) is 8.80. The van der Waals surface area contributed by atoms with Crippen LogP contribution in [0.5, 0.6) is 0 Å². The standard InChI is InChI=1S/C16H22S/c1-12(2)13(3)17-11-14-8-7-9-15(10-14)16(4,5)6/h7-10H,1,3,11H2,2,4-6H3. The zero-order valence-corrected chi connectivity index (χ0v) is 12.2. The lowest BCUT2D eigenvalue weighted by molar-refractivity contribution is 0.589. The van der Waals surface area contributed by atoms with Crippen LogP contribution in [0.2, 0.25) is 0 Å². The van der Waals surface area contributed by atoms with Crippen molar-refractivity contribution in [3.05, 3.63) is 59.0 Å². The van der Waals surface area contributed by atoms with Crippen LogP contribution in [0, 0.1) is 0 Å². The molecule has 17 heavy (non-hydrogen) atoms. The summed E-state index contributed by atoms with van der Waals surface area (Å²) in [5.41, 5.74) is 4.01. The maximum Gasteiger partial charge on any atom is 0.0231 e. The molecule has 1 heteroatoms. The van der Waals surface area contributed by atoms with Gasteiger partial charge in [0.15, 0.2) is 0 Å². The first-order valence-electron chi connectivity index (χ1n) is 5.87. The summed E-state index contributed by atoms with van der Waals surface area (Å²) in [5, 5.41) is 0. The maximum atomic E-state index is 4.00. The molecule has 0 atom stereocenters. The van der Waals surface area contributed by atoms with Crippen LogP contribution in [0.1, 0.15) is 38.8 Å². The molecule has 0 heterocycles. The third kappa shape index (κ3) is 4.43. The second-order valence-electron chi connectivity index (χ2n) is 5.44. The Labute approximate surface area is 110 Å². The highest BCUT2D eigenvalue weighted by molar-refractivity contribution is 8.02. The Morgan fingerprint density at radius 2 is 1.88 bits per heavy atom. The molecule has 0 aliphatic rings. The fourth-order valence-electron chi connectivity index (χ4n) is 1.42. The van der Waals surface area contributed by atoms with Gasteiger partial charge in [0.25, 0.3) is 0 Å². The Morgan fingerprint density at radius 3 is 2.41 bits per heavy atom. The van der Waals surface area contributed by atoms with Gasteiger partial charge in [-0.05, 0) is 29.0 Å². The second kappa shape index (κ2) is 5.59. The molecule has 92 valence electrons. The lowest BCUT2D eigenvalue weighted by atomic mass is 9.86. The predicted octanol–water partition coefficient (Wildman–Crippen LogP) is 5.31. The molecule has 0 aromatic heterocycles. The molecule has 0 aliphatic carbocycles. The van der Waals surface area contributed by atoms with Gasteiger partial charge in [0.1, 0.15) is 0 Å². The molecule has 0 N–H and O–H groups in total. The molecule has 0 saturated carbocycles. The second-order valence-corrected chi connectivity index (χ2v) is 6.51. The first-order valence-corrected chi connectivity index (χ1v) is 6.86. The van der Waals surface area contributed by atoms with Gasteiger partial charge < -0.3 is 0 Å². The van der Waals surface area contributed by atoms with E-state index in [-0.39, 0.29) is 5.41 Å². The number of thioether (sulfide) groups is 1. The molecule has 1 aromatic carbocycles. The smallest absolute Gasteiger partial charge is 0.0231 e. The van der Waals surface area contributed by atoms with Gasteiger partial charge in [-0.2, -0.15) is 0 Å². The predicted molar refractivity (Wildman–Crippen MR) is 80.4 cm³/mol. The topological polar surface area (TPSA) is 0 Å². The van der Waals surface area contributed by atoms with Crippen LogP contribution in [-0.4, -0.2) is 0 Å². The highest BCUT2D eigenvalue weighted by atomic mass is 32.2. The third-order valence-corrected chi connectivity index (χ3v) is 3.86. The van der Waals surface area contributed by atoms with Crippen LogP contribution in [0.4, 0.5) is 0 Å². The molecule has 0 nitrogen and oxygen atoms in total. The van der Waals surface area contributed by atoms with E-state index in [4.69, 9.17) is 0 Å². The lowest BCUT2D eigenvalue weighted by Crippen LogP contribution is -2.11. The number of hydrogen-bond donors (Lipinski definition) is 0. The minimum atomic E-state index is 0.214. The van der Waals surface area contributed by atoms with E-state index < -0.39 is 0 Å². The largest absolute Gasteiger partial charge is 0.122 e. The Balaban J connectivity index is 2.73. The van der Waals surface area contributed by atoms with Crippen molar-refractivity contribution < 1.29 is 0 Å². The molecule has 0 amide bonds. The molecule has 0 unspecified atom stereocenters. The van der Waals surface area contributed by atoms with E-state index in [1.54, 1.807) is 11.8 Å². The van der Waals surface area contributed by atoms with Gasteiger partial charge in [-0.25, -0.2) is 0 Å². The fraction of sp³-hybridized carbons (Fsp3) is 0.375. The fourth-order valence-corrected chi connectivity index (χ4v) is 2.19. The van der Waals surface area contributed by atoms with Crippen LogP contribution in [-0.2, 0) is 11.2 Å². The summed E-state index contributed by atoms with van der Waals surface area (Å²) >= 11 is 1.76. The van der Waals surface area contributed by atoms with Crippen LogP contribution in [0.15, 0.2) is 47.9 Å². The number of hydrogen-bond acceptors (Lipinski definition) is 1. The molecular formula is C16H22S. The van der Waals surface area contributed by atoms with E-state index in [1.807, 2.05) is 6.92 Å². The molecule has 1 aromatic rings. The molecule has 1 rings (SSSR count). The van der Waals surface area contributed by atoms with Gasteiger partial charge in [-0.15, -0.1) is 11.8 Å². The van der Waals surface area contributed by atoms with Gasteiger partial charge in [0.05, 0.1) is 0 Å². The molecule has 0 spiro atoms. The molecular weight excluding hydrogens is 224 g/mol. The average molecular weight is 246 g/mol. The van der Waals surface area contributed by atoms with Crippen molar-refractivity contribution in [2.24, 2.45) is 0 Å². The van der Waals surface area contributed by atoms with Gasteiger partial charge in [0.2, 0.25) is 0 Å². The van der Waals surface area contributed by atoms with Crippen LogP contribution in [0.25, 0.3) is 0 Å². The van der Waals surface area contributed by atoms with Crippen LogP contribution >= 0.6 is 11.8 Å². The van der Waals surface area contributed by atoms with E-state index in [1.165, 1.54) is 11.1 Å². The van der Waals surface area contributed by atoms with Gasteiger partial charge in [-0.3, -0.25) is 0 Å². The van der Waals surface area contributed by atoms with E-state index in [2.05, 4.69) is 58.2 Å². The normalized spacial score (nSPS) is 11.3. The van der Waals surface area contributed by atoms with Crippen LogP contribution < -0.4 is 0 Å². The summed E-state index contributed by atoms with van der Waals surface area (Å²) in [6.45, 7) is 16.6. The molecule has 0 saturated heterocycles. The zero-order valence-electron chi connectivity index (χ0n) is 11.3. The van der Waals surface area contributed by atoms with Crippen molar-refractivity contribution in [2.45, 2.75) is 38.9 Å². The van der Waals surface area contributed by atoms with Crippen molar-refractivity contribution in [3.8, 4) is 0 Å². The zero-order chi connectivity index (χ0) is 13.1. The third-order valence-electron chi connectivity index (χ3n) is 2.68. The first kappa shape index (κ1) is 14.1. The Bertz CT molecular complexity index is 421. The lowest BCUT2D eigenvalue weighted by Gasteiger charge is -2.19. The van der Waals surface area contributed by atoms with Crippen molar-refractivity contribution in [1.82, 2.24) is 0 Å². The number of benzene rings is 1. The van der Waals surface area contributed by atoms with E-state index in [9.17, 15) is 0 Å². The first-order chi connectivity index (χ1) is 7.80. The van der Waals surface area contributed by atoms with Crippen molar-refractivity contribution in [2.75, 3.05) is 0 Å². The minimum absolute atomic E-state index is 0.214. The summed E-state index contributed by atoms with van der Waals surface area (Å²) in [4.78, 5) is 1.08. The van der Waals surface area contributed by atoms with Gasteiger partial charge in [-0.1, -0.05) is 58.2 Å². The summed E-state index contributed by atoms with van der Waals surface area (Å²) in [5.74, 6) is 0.968. The highest BCUT2D eigenvalue weighted by Crippen LogP contribution is 2.27. The summed E-state index contributed by atoms with van der Waals surface area (Å²) in [7, 11) is 0. The summed E-state index contributed by atoms with van der Waals surface area (Å²) in [6.07, 6.45) is 0. The molecule has 0 aliphatic heterocycles.